The van der Waals surface area contributed by atoms with E-state index in [0.29, 0.717) is 0 Å². The lowest BCUT2D eigenvalue weighted by atomic mass is 10.0. The monoisotopic (exact) mass is 352 g/mol. The molecule has 0 bridgehead atoms. The average molecular weight is 353 g/mol. The van der Waals surface area contributed by atoms with Crippen molar-refractivity contribution in [3.05, 3.63) is 70.3 Å². The van der Waals surface area contributed by atoms with Crippen LogP contribution in [0.25, 0.3) is 0 Å². The third-order valence-electron chi connectivity index (χ3n) is 5.27. The predicted octanol–water partition coefficient (Wildman–Crippen LogP) is 7.75. The molecule has 0 nitrogen and oxygen atoms in total. The molecule has 2 aliphatic carbocycles. The van der Waals surface area contributed by atoms with Crippen LogP contribution in [0.2, 0.25) is 0 Å². The Morgan fingerprint density at radius 1 is 0.615 bits per heavy atom. The van der Waals surface area contributed by atoms with Crippen LogP contribution in [0.3, 0.4) is 0 Å². The highest BCUT2D eigenvalue weighted by Crippen LogP contribution is 2.25. The van der Waals surface area contributed by atoms with Crippen LogP contribution in [-0.2, 0) is 32.1 Å². The Morgan fingerprint density at radius 3 is 1.73 bits per heavy atom. The van der Waals surface area contributed by atoms with Crippen molar-refractivity contribution in [3.63, 3.8) is 0 Å². The van der Waals surface area contributed by atoms with Gasteiger partial charge in [0.15, 0.2) is 0 Å². The molecule has 144 valence electrons. The summed E-state index contributed by atoms with van der Waals surface area (Å²) in [5.41, 5.74) is 8.02. The van der Waals surface area contributed by atoms with Gasteiger partial charge in [0.1, 0.15) is 0 Å². The quantitative estimate of drug-likeness (QED) is 0.530. The van der Waals surface area contributed by atoms with E-state index in [2.05, 4.69) is 63.2 Å². The van der Waals surface area contributed by atoms with E-state index >= 15 is 0 Å². The number of rotatable bonds is 3. The summed E-state index contributed by atoms with van der Waals surface area (Å²) in [4.78, 5) is 0. The molecule has 0 aromatic heterocycles. The molecular formula is C26H40. The predicted molar refractivity (Wildman–Crippen MR) is 118 cm³/mol. The number of unbranched alkanes of at least 4 members (excludes halogenated alkanes) is 1. The molecule has 0 fully saturated rings. The number of fused-ring (bicyclic) bond motifs is 2. The maximum absolute atomic E-state index is 2.30. The van der Waals surface area contributed by atoms with Crippen molar-refractivity contribution >= 4 is 0 Å². The Labute approximate surface area is 163 Å². The number of aryl methyl sites for hydroxylation is 4. The van der Waals surface area contributed by atoms with Gasteiger partial charge in [0.05, 0.1) is 0 Å². The van der Waals surface area contributed by atoms with Crippen molar-refractivity contribution in [1.82, 2.24) is 0 Å². The Bertz CT molecular complexity index is 599. The van der Waals surface area contributed by atoms with Crippen LogP contribution in [0.1, 0.15) is 88.1 Å². The van der Waals surface area contributed by atoms with E-state index in [1.165, 1.54) is 64.2 Å². The van der Waals surface area contributed by atoms with E-state index in [1.54, 1.807) is 27.8 Å². The summed E-state index contributed by atoms with van der Waals surface area (Å²) < 4.78 is 0. The van der Waals surface area contributed by atoms with E-state index in [1.807, 2.05) is 0 Å². The third-order valence-corrected chi connectivity index (χ3v) is 5.27. The molecule has 0 saturated heterocycles. The molecule has 0 aliphatic heterocycles. The molecule has 0 spiro atoms. The highest BCUT2D eigenvalue weighted by Gasteiger charge is 2.12. The molecule has 0 amide bonds. The van der Waals surface area contributed by atoms with Crippen molar-refractivity contribution in [1.29, 1.82) is 0 Å². The lowest BCUT2D eigenvalue weighted by Crippen LogP contribution is -1.91. The van der Waals surface area contributed by atoms with Gasteiger partial charge in [0.2, 0.25) is 0 Å². The molecule has 4 rings (SSSR count). The largest absolute Gasteiger partial charge is 0.0776 e. The van der Waals surface area contributed by atoms with Crippen molar-refractivity contribution in [2.75, 3.05) is 0 Å². The first-order valence-corrected chi connectivity index (χ1v) is 10.5. The molecular weight excluding hydrogens is 312 g/mol. The second-order valence-corrected chi connectivity index (χ2v) is 7.28. The van der Waals surface area contributed by atoms with Gasteiger partial charge in [-0.3, -0.25) is 0 Å². The molecule has 0 heteroatoms. The Morgan fingerprint density at radius 2 is 1.15 bits per heavy atom. The third kappa shape index (κ3) is 6.63. The molecule has 0 heterocycles. The SMILES string of the molecule is C.CCCC.CCCc1cccc2c1CCC2.c1ccc2c(c1)CCC2. The fourth-order valence-corrected chi connectivity index (χ4v) is 3.72. The summed E-state index contributed by atoms with van der Waals surface area (Å²) in [6.07, 6.45) is 13.2. The van der Waals surface area contributed by atoms with Gasteiger partial charge in [-0.25, -0.2) is 0 Å². The van der Waals surface area contributed by atoms with Crippen molar-refractivity contribution in [3.8, 4) is 0 Å². The van der Waals surface area contributed by atoms with Gasteiger partial charge >= 0.3 is 0 Å². The Hall–Kier alpha value is -1.56. The number of hydrogen-bond acceptors (Lipinski definition) is 0. The maximum Gasteiger partial charge on any atom is -0.0270 e. The van der Waals surface area contributed by atoms with Crippen LogP contribution in [-0.4, -0.2) is 0 Å². The molecule has 2 aromatic rings. The van der Waals surface area contributed by atoms with Crippen molar-refractivity contribution in [2.24, 2.45) is 0 Å². The lowest BCUT2D eigenvalue weighted by molar-refractivity contribution is 0.880. The van der Waals surface area contributed by atoms with E-state index in [4.69, 9.17) is 0 Å². The van der Waals surface area contributed by atoms with Crippen molar-refractivity contribution < 1.29 is 0 Å². The van der Waals surface area contributed by atoms with Gasteiger partial charge in [-0.05, 0) is 72.8 Å². The van der Waals surface area contributed by atoms with Crippen LogP contribution in [0.5, 0.6) is 0 Å². The van der Waals surface area contributed by atoms with Crippen molar-refractivity contribution in [2.45, 2.75) is 92.4 Å². The molecule has 0 unspecified atom stereocenters. The molecule has 0 atom stereocenters. The second kappa shape index (κ2) is 12.7. The van der Waals surface area contributed by atoms with Crippen LogP contribution in [0.15, 0.2) is 42.5 Å². The molecule has 26 heavy (non-hydrogen) atoms. The number of benzene rings is 2. The zero-order valence-electron chi connectivity index (χ0n) is 16.6. The maximum atomic E-state index is 2.30. The number of hydrogen-bond donors (Lipinski definition) is 0. The lowest BCUT2D eigenvalue weighted by Gasteiger charge is -2.05. The van der Waals surface area contributed by atoms with Crippen LogP contribution < -0.4 is 0 Å². The summed E-state index contributed by atoms with van der Waals surface area (Å²) in [5, 5.41) is 0. The standard InChI is InChI=1S/C12H16.C9H10.C4H10.CH4/c1-2-5-10-6-3-7-11-8-4-9-12(10)11;1-2-5-9-7-3-6-8(9)4-1;1-3-4-2;/h3,6-7H,2,4-5,8-9H2,1H3;1-2,4-5H,3,6-7H2;3-4H2,1-2H3;1H4. The minimum Gasteiger partial charge on any atom is -0.0776 e. The first-order valence-electron chi connectivity index (χ1n) is 10.5. The smallest absolute Gasteiger partial charge is 0.0270 e. The highest BCUT2D eigenvalue weighted by atomic mass is 14.2. The van der Waals surface area contributed by atoms with E-state index in [0.717, 1.165) is 0 Å². The molecule has 2 aromatic carbocycles. The summed E-state index contributed by atoms with van der Waals surface area (Å²) in [7, 11) is 0. The van der Waals surface area contributed by atoms with Crippen LogP contribution in [0.4, 0.5) is 0 Å². The molecule has 0 N–H and O–H groups in total. The summed E-state index contributed by atoms with van der Waals surface area (Å²) >= 11 is 0. The minimum atomic E-state index is 0. The minimum absolute atomic E-state index is 0. The second-order valence-electron chi connectivity index (χ2n) is 7.28. The fraction of sp³-hybridized carbons (Fsp3) is 0.538. The molecule has 0 radical (unpaired) electrons. The van der Waals surface area contributed by atoms with Gasteiger partial charge in [0, 0.05) is 0 Å². The topological polar surface area (TPSA) is 0 Å². The van der Waals surface area contributed by atoms with E-state index < -0.39 is 0 Å². The van der Waals surface area contributed by atoms with Crippen LogP contribution >= 0.6 is 0 Å². The van der Waals surface area contributed by atoms with Gasteiger partial charge < -0.3 is 0 Å². The van der Waals surface area contributed by atoms with E-state index in [-0.39, 0.29) is 7.43 Å². The fourth-order valence-electron chi connectivity index (χ4n) is 3.72. The summed E-state index contributed by atoms with van der Waals surface area (Å²) in [6.45, 7) is 6.62. The van der Waals surface area contributed by atoms with E-state index in [9.17, 15) is 0 Å². The highest BCUT2D eigenvalue weighted by molar-refractivity contribution is 5.38. The molecule has 2 aliphatic rings. The summed E-state index contributed by atoms with van der Waals surface area (Å²) in [6, 6.07) is 15.5. The normalized spacial score (nSPS) is 13.3. The Kier molecular flexibility index (Phi) is 11.0. The first-order chi connectivity index (χ1) is 12.3. The van der Waals surface area contributed by atoms with Crippen LogP contribution in [0, 0.1) is 0 Å². The van der Waals surface area contributed by atoms with Gasteiger partial charge in [-0.2, -0.15) is 0 Å². The Balaban J connectivity index is 0.000000215. The van der Waals surface area contributed by atoms with Gasteiger partial charge in [-0.15, -0.1) is 0 Å². The molecule has 0 saturated carbocycles. The zero-order chi connectivity index (χ0) is 17.9. The first kappa shape index (κ1) is 22.5. The van der Waals surface area contributed by atoms with Gasteiger partial charge in [-0.1, -0.05) is 89.9 Å². The average Bonchev–Trinajstić information content (AvgIpc) is 3.32. The van der Waals surface area contributed by atoms with Gasteiger partial charge in [0.25, 0.3) is 0 Å². The summed E-state index contributed by atoms with van der Waals surface area (Å²) in [5.74, 6) is 0. The zero-order valence-corrected chi connectivity index (χ0v) is 16.6.